The van der Waals surface area contributed by atoms with Gasteiger partial charge in [-0.2, -0.15) is 0 Å². The van der Waals surface area contributed by atoms with Gasteiger partial charge in [0.2, 0.25) is 0 Å². The van der Waals surface area contributed by atoms with Crippen molar-refractivity contribution < 1.29 is 0 Å². The fourth-order valence-electron chi connectivity index (χ4n) is 3.24. The van der Waals surface area contributed by atoms with E-state index in [4.69, 9.17) is 4.99 Å². The molecule has 0 saturated heterocycles. The normalized spacial score (nSPS) is 15.5. The molecule has 0 aliphatic heterocycles. The van der Waals surface area contributed by atoms with Gasteiger partial charge in [0.05, 0.1) is 0 Å². The molecule has 1 fully saturated rings. The molecule has 25 heavy (non-hydrogen) atoms. The lowest BCUT2D eigenvalue weighted by Gasteiger charge is -2.24. The van der Waals surface area contributed by atoms with Crippen LogP contribution in [0, 0.1) is 6.92 Å². The quantitative estimate of drug-likeness (QED) is 0.284. The number of guanidine groups is 1. The molecule has 1 aromatic rings. The molecular weight excluding hydrogens is 427 g/mol. The molecule has 1 aromatic heterocycles. The molecule has 1 aliphatic carbocycles. The van der Waals surface area contributed by atoms with Crippen molar-refractivity contribution in [3.63, 3.8) is 0 Å². The maximum atomic E-state index is 11.8. The van der Waals surface area contributed by atoms with E-state index in [1.54, 1.807) is 6.07 Å². The number of pyridine rings is 1. The molecule has 6 heteroatoms. The molecular formula is C19H33IN4O. The van der Waals surface area contributed by atoms with Crippen LogP contribution in [0.4, 0.5) is 0 Å². The first-order valence-corrected chi connectivity index (χ1v) is 9.42. The molecule has 0 atom stereocenters. The number of halogens is 1. The van der Waals surface area contributed by atoms with Gasteiger partial charge in [-0.1, -0.05) is 25.3 Å². The van der Waals surface area contributed by atoms with Crippen molar-refractivity contribution >= 4 is 29.9 Å². The number of unbranched alkanes of at least 4 members (excludes halogenated alkanes) is 1. The molecule has 1 saturated carbocycles. The van der Waals surface area contributed by atoms with Gasteiger partial charge in [-0.3, -0.25) is 9.79 Å². The Morgan fingerprint density at radius 1 is 1.24 bits per heavy atom. The third-order valence-electron chi connectivity index (χ3n) is 4.62. The zero-order valence-corrected chi connectivity index (χ0v) is 17.9. The van der Waals surface area contributed by atoms with E-state index in [9.17, 15) is 4.79 Å². The van der Waals surface area contributed by atoms with Gasteiger partial charge in [-0.15, -0.1) is 24.0 Å². The highest BCUT2D eigenvalue weighted by Gasteiger charge is 2.14. The summed E-state index contributed by atoms with van der Waals surface area (Å²) in [7, 11) is 0. The lowest BCUT2D eigenvalue weighted by molar-refractivity contribution is 0.410. The van der Waals surface area contributed by atoms with Crippen molar-refractivity contribution in [1.29, 1.82) is 0 Å². The fraction of sp³-hybridized carbons (Fsp3) is 0.684. The van der Waals surface area contributed by atoms with E-state index in [-0.39, 0.29) is 29.5 Å². The van der Waals surface area contributed by atoms with E-state index in [2.05, 4.69) is 17.6 Å². The Morgan fingerprint density at radius 2 is 2.00 bits per heavy atom. The van der Waals surface area contributed by atoms with Gasteiger partial charge in [0, 0.05) is 37.4 Å². The van der Waals surface area contributed by atoms with Crippen LogP contribution in [0.5, 0.6) is 0 Å². The van der Waals surface area contributed by atoms with E-state index in [0.717, 1.165) is 44.1 Å². The SMILES string of the molecule is CCNC(=NCCCCn1c(C)cccc1=O)NC1CCCCC1.I. The smallest absolute Gasteiger partial charge is 0.250 e. The van der Waals surface area contributed by atoms with Gasteiger partial charge in [0.25, 0.3) is 5.56 Å². The minimum Gasteiger partial charge on any atom is -0.357 e. The summed E-state index contributed by atoms with van der Waals surface area (Å²) in [5.74, 6) is 0.942. The monoisotopic (exact) mass is 460 g/mol. The number of rotatable bonds is 7. The van der Waals surface area contributed by atoms with Crippen LogP contribution in [0.3, 0.4) is 0 Å². The summed E-state index contributed by atoms with van der Waals surface area (Å²) >= 11 is 0. The maximum Gasteiger partial charge on any atom is 0.250 e. The first-order chi connectivity index (χ1) is 11.7. The van der Waals surface area contributed by atoms with Crippen LogP contribution in [0.15, 0.2) is 28.0 Å². The predicted octanol–water partition coefficient (Wildman–Crippen LogP) is 3.44. The molecule has 142 valence electrons. The number of hydrogen-bond donors (Lipinski definition) is 2. The number of aliphatic imine (C=N–C) groups is 1. The van der Waals surface area contributed by atoms with E-state index in [1.165, 1.54) is 32.1 Å². The summed E-state index contributed by atoms with van der Waals surface area (Å²) in [6, 6.07) is 6.00. The third kappa shape index (κ3) is 7.79. The molecule has 0 spiro atoms. The largest absolute Gasteiger partial charge is 0.357 e. The van der Waals surface area contributed by atoms with Crippen LogP contribution in [-0.2, 0) is 6.54 Å². The summed E-state index contributed by atoms with van der Waals surface area (Å²) in [6.45, 7) is 6.53. The third-order valence-corrected chi connectivity index (χ3v) is 4.62. The molecule has 0 aromatic carbocycles. The van der Waals surface area contributed by atoms with Crippen LogP contribution in [0.2, 0.25) is 0 Å². The Balaban J connectivity index is 0.00000312. The van der Waals surface area contributed by atoms with Crippen LogP contribution >= 0.6 is 24.0 Å². The van der Waals surface area contributed by atoms with E-state index >= 15 is 0 Å². The van der Waals surface area contributed by atoms with Gasteiger partial charge >= 0.3 is 0 Å². The Labute approximate surface area is 168 Å². The van der Waals surface area contributed by atoms with Crippen molar-refractivity contribution in [3.8, 4) is 0 Å². The summed E-state index contributed by atoms with van der Waals surface area (Å²) < 4.78 is 1.84. The minimum absolute atomic E-state index is 0. The molecule has 0 bridgehead atoms. The number of aromatic nitrogens is 1. The highest BCUT2D eigenvalue weighted by atomic mass is 127. The molecule has 0 amide bonds. The van der Waals surface area contributed by atoms with Gasteiger partial charge in [0.15, 0.2) is 5.96 Å². The Bertz CT molecular complexity index is 579. The van der Waals surface area contributed by atoms with Crippen LogP contribution in [-0.4, -0.2) is 29.7 Å². The predicted molar refractivity (Wildman–Crippen MR) is 116 cm³/mol. The van der Waals surface area contributed by atoms with Crippen molar-refractivity contribution in [1.82, 2.24) is 15.2 Å². The zero-order valence-electron chi connectivity index (χ0n) is 15.6. The van der Waals surface area contributed by atoms with E-state index < -0.39 is 0 Å². The highest BCUT2D eigenvalue weighted by Crippen LogP contribution is 2.17. The highest BCUT2D eigenvalue weighted by molar-refractivity contribution is 14.0. The van der Waals surface area contributed by atoms with Gasteiger partial charge < -0.3 is 15.2 Å². The van der Waals surface area contributed by atoms with Crippen molar-refractivity contribution in [2.45, 2.75) is 71.4 Å². The minimum atomic E-state index is 0. The van der Waals surface area contributed by atoms with Crippen molar-refractivity contribution in [3.05, 3.63) is 34.2 Å². The Kier molecular flexibility index (Phi) is 10.8. The summed E-state index contributed by atoms with van der Waals surface area (Å²) in [5.41, 5.74) is 1.11. The summed E-state index contributed by atoms with van der Waals surface area (Å²) in [4.78, 5) is 16.5. The van der Waals surface area contributed by atoms with Crippen molar-refractivity contribution in [2.75, 3.05) is 13.1 Å². The van der Waals surface area contributed by atoms with Gasteiger partial charge in [-0.25, -0.2) is 0 Å². The summed E-state index contributed by atoms with van der Waals surface area (Å²) in [6.07, 6.45) is 8.47. The molecule has 0 unspecified atom stereocenters. The maximum absolute atomic E-state index is 11.8. The molecule has 0 radical (unpaired) electrons. The second-order valence-corrected chi connectivity index (χ2v) is 6.60. The molecule has 1 heterocycles. The Hall–Kier alpha value is -1.05. The summed E-state index contributed by atoms with van der Waals surface area (Å²) in [5, 5.41) is 6.91. The molecule has 1 aliphatic rings. The topological polar surface area (TPSA) is 58.4 Å². The molecule has 2 N–H and O–H groups in total. The lowest BCUT2D eigenvalue weighted by atomic mass is 9.96. The zero-order chi connectivity index (χ0) is 17.2. The number of aryl methyl sites for hydroxylation is 1. The first-order valence-electron chi connectivity index (χ1n) is 9.42. The number of hydrogen-bond acceptors (Lipinski definition) is 2. The Morgan fingerprint density at radius 3 is 2.68 bits per heavy atom. The lowest BCUT2D eigenvalue weighted by Crippen LogP contribution is -2.44. The number of nitrogens with zero attached hydrogens (tertiary/aromatic N) is 2. The second-order valence-electron chi connectivity index (χ2n) is 6.60. The van der Waals surface area contributed by atoms with Crippen LogP contribution in [0.25, 0.3) is 0 Å². The second kappa shape index (κ2) is 12.3. The number of nitrogens with one attached hydrogen (secondary N) is 2. The standard InChI is InChI=1S/C19H32N4O.HI/c1-3-20-19(22-17-11-5-4-6-12-17)21-14-7-8-15-23-16(2)10-9-13-18(23)24;/h9-10,13,17H,3-8,11-12,14-15H2,1-2H3,(H2,20,21,22);1H. The van der Waals surface area contributed by atoms with E-state index in [0.29, 0.717) is 6.04 Å². The average molecular weight is 460 g/mol. The fourth-order valence-corrected chi connectivity index (χ4v) is 3.24. The van der Waals surface area contributed by atoms with Gasteiger partial charge in [-0.05, 0) is 45.6 Å². The van der Waals surface area contributed by atoms with E-state index in [1.807, 2.05) is 23.6 Å². The first kappa shape index (κ1) is 22.0. The van der Waals surface area contributed by atoms with Crippen molar-refractivity contribution in [2.24, 2.45) is 4.99 Å². The average Bonchev–Trinajstić information content (AvgIpc) is 2.58. The molecule has 5 nitrogen and oxygen atoms in total. The van der Waals surface area contributed by atoms with Crippen LogP contribution in [0.1, 0.15) is 57.6 Å². The van der Waals surface area contributed by atoms with Crippen LogP contribution < -0.4 is 16.2 Å². The molecule has 2 rings (SSSR count). The van der Waals surface area contributed by atoms with Gasteiger partial charge in [0.1, 0.15) is 0 Å².